The Kier molecular flexibility index (Phi) is 8.41. The molecule has 0 aliphatic carbocycles. The van der Waals surface area contributed by atoms with E-state index < -0.39 is 5.97 Å². The molecule has 0 aliphatic rings. The molecule has 22 heavy (non-hydrogen) atoms. The van der Waals surface area contributed by atoms with E-state index in [4.69, 9.17) is 0 Å². The molecule has 0 amide bonds. The molecule has 1 rings (SSSR count). The van der Waals surface area contributed by atoms with Gasteiger partial charge in [-0.25, -0.2) is 4.79 Å². The summed E-state index contributed by atoms with van der Waals surface area (Å²) in [7, 11) is 0. The highest BCUT2D eigenvalue weighted by Gasteiger charge is 2.14. The molecule has 0 heterocycles. The zero-order chi connectivity index (χ0) is 16.4. The molecule has 0 radical (unpaired) electrons. The van der Waals surface area contributed by atoms with Crippen LogP contribution in [-0.4, -0.2) is 30.7 Å². The summed E-state index contributed by atoms with van der Waals surface area (Å²) in [6, 6.07) is 5.40. The summed E-state index contributed by atoms with van der Waals surface area (Å²) in [5, 5.41) is 12.7. The molecule has 2 N–H and O–H groups in total. The van der Waals surface area contributed by atoms with Crippen molar-refractivity contribution in [1.82, 2.24) is 0 Å². The maximum atomic E-state index is 11.3. The lowest BCUT2D eigenvalue weighted by atomic mass is 10.1. The van der Waals surface area contributed by atoms with Gasteiger partial charge in [0.2, 0.25) is 0 Å². The number of anilines is 2. The van der Waals surface area contributed by atoms with Crippen LogP contribution < -0.4 is 10.2 Å². The average Bonchev–Trinajstić information content (AvgIpc) is 2.52. The average molecular weight is 306 g/mol. The Morgan fingerprint density at radius 1 is 1.09 bits per heavy atom. The van der Waals surface area contributed by atoms with Crippen LogP contribution in [-0.2, 0) is 0 Å². The van der Waals surface area contributed by atoms with Crippen LogP contribution in [0, 0.1) is 0 Å². The lowest BCUT2D eigenvalue weighted by molar-refractivity contribution is 0.0697. The Morgan fingerprint density at radius 2 is 1.82 bits per heavy atom. The van der Waals surface area contributed by atoms with Gasteiger partial charge in [0.1, 0.15) is 0 Å². The van der Waals surface area contributed by atoms with Crippen molar-refractivity contribution < 1.29 is 9.90 Å². The van der Waals surface area contributed by atoms with E-state index in [1.165, 1.54) is 0 Å². The Balaban J connectivity index is 3.05. The van der Waals surface area contributed by atoms with Crippen LogP contribution in [0.5, 0.6) is 0 Å². The molecule has 124 valence electrons. The van der Waals surface area contributed by atoms with Gasteiger partial charge in [-0.2, -0.15) is 0 Å². The molecule has 1 aromatic carbocycles. The van der Waals surface area contributed by atoms with Crippen LogP contribution in [0.15, 0.2) is 18.2 Å². The second kappa shape index (κ2) is 10.1. The Bertz CT molecular complexity index is 460. The van der Waals surface area contributed by atoms with Crippen molar-refractivity contribution in [2.75, 3.05) is 29.9 Å². The SMILES string of the molecule is CCCCNc1ccc(C(=O)O)cc1N(CCC)CCCC. The number of carboxylic acid groups (broad SMARTS) is 1. The topological polar surface area (TPSA) is 52.6 Å². The van der Waals surface area contributed by atoms with Crippen molar-refractivity contribution in [3.8, 4) is 0 Å². The van der Waals surface area contributed by atoms with E-state index in [0.717, 1.165) is 63.1 Å². The van der Waals surface area contributed by atoms with Gasteiger partial charge in [-0.05, 0) is 37.5 Å². The molecular formula is C18H30N2O2. The largest absolute Gasteiger partial charge is 0.478 e. The van der Waals surface area contributed by atoms with Crippen molar-refractivity contribution in [1.29, 1.82) is 0 Å². The van der Waals surface area contributed by atoms with Crippen molar-refractivity contribution in [3.63, 3.8) is 0 Å². The molecule has 0 spiro atoms. The Labute approximate surface area is 134 Å². The number of aromatic carboxylic acids is 1. The van der Waals surface area contributed by atoms with Gasteiger partial charge in [0.05, 0.1) is 16.9 Å². The van der Waals surface area contributed by atoms with E-state index in [2.05, 4.69) is 31.0 Å². The molecule has 4 nitrogen and oxygen atoms in total. The summed E-state index contributed by atoms with van der Waals surface area (Å²) in [4.78, 5) is 13.6. The molecule has 0 aliphatic heterocycles. The number of hydrogen-bond donors (Lipinski definition) is 2. The van der Waals surface area contributed by atoms with Crippen LogP contribution in [0.1, 0.15) is 63.2 Å². The predicted molar refractivity (Wildman–Crippen MR) is 94.2 cm³/mol. The molecule has 0 bridgehead atoms. The van der Waals surface area contributed by atoms with E-state index in [-0.39, 0.29) is 0 Å². The third-order valence-electron chi connectivity index (χ3n) is 3.71. The smallest absolute Gasteiger partial charge is 0.335 e. The van der Waals surface area contributed by atoms with E-state index in [1.807, 2.05) is 12.1 Å². The summed E-state index contributed by atoms with van der Waals surface area (Å²) >= 11 is 0. The van der Waals surface area contributed by atoms with Crippen molar-refractivity contribution >= 4 is 17.3 Å². The first-order valence-corrected chi connectivity index (χ1v) is 8.50. The van der Waals surface area contributed by atoms with E-state index in [9.17, 15) is 9.90 Å². The highest BCUT2D eigenvalue weighted by molar-refractivity contribution is 5.91. The lowest BCUT2D eigenvalue weighted by Crippen LogP contribution is -2.26. The highest BCUT2D eigenvalue weighted by Crippen LogP contribution is 2.28. The summed E-state index contributed by atoms with van der Waals surface area (Å²) < 4.78 is 0. The number of benzene rings is 1. The van der Waals surface area contributed by atoms with Crippen LogP contribution in [0.3, 0.4) is 0 Å². The number of nitrogens with one attached hydrogen (secondary N) is 1. The van der Waals surface area contributed by atoms with E-state index in [0.29, 0.717) is 5.56 Å². The minimum atomic E-state index is -0.867. The first-order chi connectivity index (χ1) is 10.6. The first kappa shape index (κ1) is 18.3. The monoisotopic (exact) mass is 306 g/mol. The zero-order valence-electron chi connectivity index (χ0n) is 14.2. The Hall–Kier alpha value is -1.71. The molecule has 0 saturated carbocycles. The van der Waals surface area contributed by atoms with E-state index >= 15 is 0 Å². The quantitative estimate of drug-likeness (QED) is 0.586. The fourth-order valence-corrected chi connectivity index (χ4v) is 2.45. The number of carboxylic acids is 1. The minimum Gasteiger partial charge on any atom is -0.478 e. The number of unbranched alkanes of at least 4 members (excludes halogenated alkanes) is 2. The predicted octanol–water partition coefficient (Wildman–Crippen LogP) is 4.61. The van der Waals surface area contributed by atoms with Gasteiger partial charge < -0.3 is 15.3 Å². The minimum absolute atomic E-state index is 0.355. The van der Waals surface area contributed by atoms with Gasteiger partial charge in [0, 0.05) is 19.6 Å². The lowest BCUT2D eigenvalue weighted by Gasteiger charge is -2.27. The maximum absolute atomic E-state index is 11.3. The molecule has 1 aromatic rings. The highest BCUT2D eigenvalue weighted by atomic mass is 16.4. The molecule has 0 aromatic heterocycles. The van der Waals surface area contributed by atoms with Crippen LogP contribution in [0.2, 0.25) is 0 Å². The number of hydrogen-bond acceptors (Lipinski definition) is 3. The third kappa shape index (κ3) is 5.58. The number of nitrogens with zero attached hydrogens (tertiary/aromatic N) is 1. The summed E-state index contributed by atoms with van der Waals surface area (Å²) in [6.07, 6.45) is 5.56. The van der Waals surface area contributed by atoms with Gasteiger partial charge >= 0.3 is 5.97 Å². The molecule has 4 heteroatoms. The van der Waals surface area contributed by atoms with Gasteiger partial charge in [-0.15, -0.1) is 0 Å². The van der Waals surface area contributed by atoms with Crippen LogP contribution >= 0.6 is 0 Å². The standard InChI is InChI=1S/C18H30N2O2/c1-4-7-11-19-16-10-9-15(18(21)22)14-17(16)20(12-6-3)13-8-5-2/h9-10,14,19H,4-8,11-13H2,1-3H3,(H,21,22). The third-order valence-corrected chi connectivity index (χ3v) is 3.71. The fourth-order valence-electron chi connectivity index (χ4n) is 2.45. The Morgan fingerprint density at radius 3 is 2.41 bits per heavy atom. The first-order valence-electron chi connectivity index (χ1n) is 8.50. The van der Waals surface area contributed by atoms with Gasteiger partial charge in [-0.1, -0.05) is 33.6 Å². The maximum Gasteiger partial charge on any atom is 0.335 e. The molecular weight excluding hydrogens is 276 g/mol. The van der Waals surface area contributed by atoms with Crippen LogP contribution in [0.4, 0.5) is 11.4 Å². The second-order valence-electron chi connectivity index (χ2n) is 5.66. The van der Waals surface area contributed by atoms with Gasteiger partial charge in [-0.3, -0.25) is 0 Å². The van der Waals surface area contributed by atoms with Crippen molar-refractivity contribution in [2.24, 2.45) is 0 Å². The summed E-state index contributed by atoms with van der Waals surface area (Å²) in [5.41, 5.74) is 2.42. The molecule has 0 unspecified atom stereocenters. The van der Waals surface area contributed by atoms with Crippen molar-refractivity contribution in [3.05, 3.63) is 23.8 Å². The second-order valence-corrected chi connectivity index (χ2v) is 5.66. The van der Waals surface area contributed by atoms with Gasteiger partial charge in [0.15, 0.2) is 0 Å². The molecule has 0 fully saturated rings. The molecule has 0 atom stereocenters. The van der Waals surface area contributed by atoms with Crippen LogP contribution in [0.25, 0.3) is 0 Å². The zero-order valence-corrected chi connectivity index (χ0v) is 14.2. The summed E-state index contributed by atoms with van der Waals surface area (Å²) in [5.74, 6) is -0.867. The molecule has 0 saturated heterocycles. The fraction of sp³-hybridized carbons (Fsp3) is 0.611. The number of carbonyl (C=O) groups is 1. The number of rotatable bonds is 11. The van der Waals surface area contributed by atoms with Gasteiger partial charge in [0.25, 0.3) is 0 Å². The summed E-state index contributed by atoms with van der Waals surface area (Å²) in [6.45, 7) is 9.34. The normalized spacial score (nSPS) is 10.5. The van der Waals surface area contributed by atoms with E-state index in [1.54, 1.807) is 6.07 Å². The van der Waals surface area contributed by atoms with Crippen molar-refractivity contribution in [2.45, 2.75) is 52.9 Å².